The van der Waals surface area contributed by atoms with Crippen LogP contribution in [0.25, 0.3) is 10.2 Å². The maximum absolute atomic E-state index is 12.3. The van der Waals surface area contributed by atoms with E-state index in [1.165, 1.54) is 0 Å². The second-order valence-corrected chi connectivity index (χ2v) is 5.51. The number of carbonyl (C=O) groups is 1. The number of aromatic nitrogens is 2. The molecule has 0 radical (unpaired) electrons. The number of nitrogen functional groups attached to an aromatic ring is 1. The van der Waals surface area contributed by atoms with Crippen molar-refractivity contribution in [2.24, 2.45) is 7.05 Å². The van der Waals surface area contributed by atoms with Crippen LogP contribution >= 0.6 is 11.3 Å². The van der Waals surface area contributed by atoms with Crippen molar-refractivity contribution in [1.29, 1.82) is 0 Å². The molecule has 0 aliphatic heterocycles. The van der Waals surface area contributed by atoms with Crippen LogP contribution in [-0.2, 0) is 7.05 Å². The van der Waals surface area contributed by atoms with Gasteiger partial charge in [-0.15, -0.1) is 11.3 Å². The van der Waals surface area contributed by atoms with Crippen LogP contribution in [0.4, 0.5) is 18.9 Å². The SMILES string of the molecule is Cc1nn(C)c2sc(C(=O)N(C)CC(F)(F)F)c(N)c12. The topological polar surface area (TPSA) is 64.2 Å². The minimum Gasteiger partial charge on any atom is -0.397 e. The molecule has 5 nitrogen and oxygen atoms in total. The van der Waals surface area contributed by atoms with E-state index in [1.807, 2.05) is 0 Å². The standard InChI is InChI=1S/C11H13F3N4OS/c1-5-6-7(15)8(20-10(6)18(3)16-5)9(19)17(2)4-11(12,13)14/h4,15H2,1-3H3. The molecule has 2 aromatic rings. The molecule has 1 amide bonds. The maximum atomic E-state index is 12.3. The van der Waals surface area contributed by atoms with Crippen LogP contribution in [0, 0.1) is 6.92 Å². The Balaban J connectivity index is 2.41. The van der Waals surface area contributed by atoms with Crippen molar-refractivity contribution in [3.05, 3.63) is 10.6 Å². The highest BCUT2D eigenvalue weighted by atomic mass is 32.1. The van der Waals surface area contributed by atoms with Gasteiger partial charge in [0.15, 0.2) is 0 Å². The number of aryl methyl sites for hydroxylation is 2. The summed E-state index contributed by atoms with van der Waals surface area (Å²) in [5.41, 5.74) is 6.72. The predicted octanol–water partition coefficient (Wildman–Crippen LogP) is 2.16. The van der Waals surface area contributed by atoms with Crippen LogP contribution in [0.1, 0.15) is 15.4 Å². The first-order chi connectivity index (χ1) is 9.11. The molecule has 2 N–H and O–H groups in total. The van der Waals surface area contributed by atoms with Gasteiger partial charge in [-0.1, -0.05) is 0 Å². The van der Waals surface area contributed by atoms with E-state index in [9.17, 15) is 18.0 Å². The van der Waals surface area contributed by atoms with E-state index in [4.69, 9.17) is 5.73 Å². The molecule has 0 saturated heterocycles. The summed E-state index contributed by atoms with van der Waals surface area (Å²) < 4.78 is 38.5. The molecule has 0 bridgehead atoms. The first kappa shape index (κ1) is 14.6. The number of rotatable bonds is 2. The number of anilines is 1. The van der Waals surface area contributed by atoms with E-state index in [0.717, 1.165) is 18.4 Å². The zero-order valence-electron chi connectivity index (χ0n) is 11.1. The Morgan fingerprint density at radius 1 is 1.50 bits per heavy atom. The largest absolute Gasteiger partial charge is 0.406 e. The summed E-state index contributed by atoms with van der Waals surface area (Å²) in [6.07, 6.45) is -4.44. The van der Waals surface area contributed by atoms with Gasteiger partial charge in [-0.25, -0.2) is 0 Å². The first-order valence-corrected chi connectivity index (χ1v) is 6.47. The molecule has 20 heavy (non-hydrogen) atoms. The highest BCUT2D eigenvalue weighted by molar-refractivity contribution is 7.21. The van der Waals surface area contributed by atoms with Crippen molar-refractivity contribution < 1.29 is 18.0 Å². The summed E-state index contributed by atoms with van der Waals surface area (Å²) in [4.78, 5) is 13.5. The van der Waals surface area contributed by atoms with Gasteiger partial charge in [-0.2, -0.15) is 18.3 Å². The molecule has 0 aliphatic rings. The zero-order chi connectivity index (χ0) is 15.2. The number of amides is 1. The van der Waals surface area contributed by atoms with Gasteiger partial charge in [0.05, 0.1) is 16.8 Å². The van der Waals surface area contributed by atoms with Crippen LogP contribution in [-0.4, -0.2) is 40.4 Å². The van der Waals surface area contributed by atoms with Gasteiger partial charge in [0.2, 0.25) is 0 Å². The van der Waals surface area contributed by atoms with Crippen LogP contribution in [0.5, 0.6) is 0 Å². The highest BCUT2D eigenvalue weighted by Crippen LogP contribution is 2.36. The maximum Gasteiger partial charge on any atom is 0.406 e. The van der Waals surface area contributed by atoms with E-state index in [0.29, 0.717) is 20.8 Å². The monoisotopic (exact) mass is 306 g/mol. The predicted molar refractivity (Wildman–Crippen MR) is 70.8 cm³/mol. The third-order valence-electron chi connectivity index (χ3n) is 2.84. The van der Waals surface area contributed by atoms with Crippen molar-refractivity contribution in [1.82, 2.24) is 14.7 Å². The van der Waals surface area contributed by atoms with E-state index >= 15 is 0 Å². The Bertz CT molecular complexity index is 673. The van der Waals surface area contributed by atoms with Crippen LogP contribution in [0.2, 0.25) is 0 Å². The number of fused-ring (bicyclic) bond motifs is 1. The van der Waals surface area contributed by atoms with Crippen molar-refractivity contribution >= 4 is 33.1 Å². The lowest BCUT2D eigenvalue weighted by molar-refractivity contribution is -0.138. The number of hydrogen-bond donors (Lipinski definition) is 1. The molecular formula is C11H13F3N4OS. The molecule has 0 aliphatic carbocycles. The summed E-state index contributed by atoms with van der Waals surface area (Å²) in [5, 5.41) is 4.78. The van der Waals surface area contributed by atoms with Gasteiger partial charge in [-0.3, -0.25) is 9.48 Å². The minimum absolute atomic E-state index is 0.114. The van der Waals surface area contributed by atoms with E-state index in [1.54, 1.807) is 18.7 Å². The fourth-order valence-corrected chi connectivity index (χ4v) is 3.18. The molecule has 2 aromatic heterocycles. The Morgan fingerprint density at radius 2 is 2.10 bits per heavy atom. The molecule has 0 fully saturated rings. The van der Waals surface area contributed by atoms with E-state index < -0.39 is 18.6 Å². The molecule has 0 unspecified atom stereocenters. The summed E-state index contributed by atoms with van der Waals surface area (Å²) in [5.74, 6) is -0.736. The quantitative estimate of drug-likeness (QED) is 0.924. The van der Waals surface area contributed by atoms with Crippen molar-refractivity contribution in [2.45, 2.75) is 13.1 Å². The average molecular weight is 306 g/mol. The fourth-order valence-electron chi connectivity index (χ4n) is 2.00. The third kappa shape index (κ3) is 2.45. The Morgan fingerprint density at radius 3 is 2.60 bits per heavy atom. The lowest BCUT2D eigenvalue weighted by atomic mass is 10.2. The van der Waals surface area contributed by atoms with E-state index in [-0.39, 0.29) is 10.6 Å². The smallest absolute Gasteiger partial charge is 0.397 e. The summed E-state index contributed by atoms with van der Waals surface area (Å²) in [6.45, 7) is 0.426. The lowest BCUT2D eigenvalue weighted by Crippen LogP contribution is -2.35. The molecule has 0 spiro atoms. The molecule has 0 atom stereocenters. The number of hydrogen-bond acceptors (Lipinski definition) is 4. The molecule has 2 heterocycles. The van der Waals surface area contributed by atoms with Gasteiger partial charge >= 0.3 is 6.18 Å². The lowest BCUT2D eigenvalue weighted by Gasteiger charge is -2.18. The van der Waals surface area contributed by atoms with Gasteiger partial charge in [0.25, 0.3) is 5.91 Å². The molecular weight excluding hydrogens is 293 g/mol. The number of nitrogens with two attached hydrogens (primary N) is 1. The number of halogens is 3. The number of alkyl halides is 3. The second-order valence-electron chi connectivity index (χ2n) is 4.51. The highest BCUT2D eigenvalue weighted by Gasteiger charge is 2.33. The summed E-state index contributed by atoms with van der Waals surface area (Å²) in [7, 11) is 2.80. The average Bonchev–Trinajstić information content (AvgIpc) is 2.76. The van der Waals surface area contributed by atoms with E-state index in [2.05, 4.69) is 5.10 Å². The number of carbonyl (C=O) groups excluding carboxylic acids is 1. The normalized spacial score (nSPS) is 12.1. The van der Waals surface area contributed by atoms with Crippen LogP contribution in [0.3, 0.4) is 0 Å². The zero-order valence-corrected chi connectivity index (χ0v) is 11.9. The minimum atomic E-state index is -4.44. The Labute approximate surface area is 116 Å². The van der Waals surface area contributed by atoms with Crippen LogP contribution < -0.4 is 5.73 Å². The molecule has 0 saturated carbocycles. The fraction of sp³-hybridized carbons (Fsp3) is 0.455. The first-order valence-electron chi connectivity index (χ1n) is 5.65. The third-order valence-corrected chi connectivity index (χ3v) is 4.10. The molecule has 9 heteroatoms. The summed E-state index contributed by atoms with van der Waals surface area (Å²) in [6, 6.07) is 0. The van der Waals surface area contributed by atoms with Gasteiger partial charge in [0.1, 0.15) is 16.3 Å². The number of thiophene rings is 1. The summed E-state index contributed by atoms with van der Waals surface area (Å²) >= 11 is 1.05. The van der Waals surface area contributed by atoms with Gasteiger partial charge in [0, 0.05) is 14.1 Å². The molecule has 110 valence electrons. The number of nitrogens with zero attached hydrogens (tertiary/aromatic N) is 3. The van der Waals surface area contributed by atoms with Crippen LogP contribution in [0.15, 0.2) is 0 Å². The van der Waals surface area contributed by atoms with Gasteiger partial charge in [-0.05, 0) is 6.92 Å². The Kier molecular flexibility index (Phi) is 3.41. The second kappa shape index (κ2) is 4.65. The van der Waals surface area contributed by atoms with Crippen molar-refractivity contribution in [3.8, 4) is 0 Å². The Hall–Kier alpha value is -1.77. The van der Waals surface area contributed by atoms with Gasteiger partial charge < -0.3 is 10.6 Å². The molecule has 2 rings (SSSR count). The molecule has 0 aromatic carbocycles. The van der Waals surface area contributed by atoms with Crippen molar-refractivity contribution in [2.75, 3.05) is 19.3 Å². The van der Waals surface area contributed by atoms with Crippen molar-refractivity contribution in [3.63, 3.8) is 0 Å².